The maximum absolute atomic E-state index is 12.9. The summed E-state index contributed by atoms with van der Waals surface area (Å²) in [5.41, 5.74) is 2.66. The van der Waals surface area contributed by atoms with E-state index in [0.717, 1.165) is 8.92 Å². The van der Waals surface area contributed by atoms with Crippen LogP contribution < -0.4 is 19.6 Å². The molecule has 2 N–H and O–H groups in total. The fraction of sp³-hybridized carbons (Fsp3) is 0. The van der Waals surface area contributed by atoms with E-state index < -0.39 is 0 Å². The van der Waals surface area contributed by atoms with Crippen LogP contribution >= 0.6 is 23.2 Å². The zero-order valence-electron chi connectivity index (χ0n) is 17.6. The van der Waals surface area contributed by atoms with Crippen LogP contribution in [-0.4, -0.2) is 38.1 Å². The summed E-state index contributed by atoms with van der Waals surface area (Å²) in [6.45, 7) is 0. The average Bonchev–Trinajstić information content (AvgIpc) is 2.86. The molecule has 4 aromatic rings. The Kier molecular flexibility index (Phi) is 8.47. The Bertz CT molecular complexity index is 1210. The molecule has 0 fully saturated rings. The van der Waals surface area contributed by atoms with Crippen molar-refractivity contribution in [3.05, 3.63) is 118 Å². The molecule has 4 rings (SSSR count). The molecular formula is C26H18Cl2N2O2Se2. The predicted octanol–water partition coefficient (Wildman–Crippen LogP) is 4.77. The molecule has 0 unspecified atom stereocenters. The van der Waals surface area contributed by atoms with Crippen LogP contribution in [0.5, 0.6) is 0 Å². The molecule has 0 aliphatic carbocycles. The van der Waals surface area contributed by atoms with Crippen LogP contribution in [0.25, 0.3) is 0 Å². The van der Waals surface area contributed by atoms with E-state index in [9.17, 15) is 9.59 Å². The Hall–Kier alpha value is -2.56. The summed E-state index contributed by atoms with van der Waals surface area (Å²) >= 11 is 11.9. The van der Waals surface area contributed by atoms with Crippen LogP contribution in [-0.2, 0) is 0 Å². The molecule has 34 heavy (non-hydrogen) atoms. The molecule has 0 spiro atoms. The number of halogens is 2. The van der Waals surface area contributed by atoms with E-state index in [4.69, 9.17) is 23.2 Å². The van der Waals surface area contributed by atoms with E-state index in [1.807, 2.05) is 48.5 Å². The van der Waals surface area contributed by atoms with Crippen molar-refractivity contribution in [2.24, 2.45) is 0 Å². The first-order chi connectivity index (χ1) is 16.5. The molecule has 4 aromatic carbocycles. The van der Waals surface area contributed by atoms with Gasteiger partial charge in [-0.3, -0.25) is 0 Å². The zero-order valence-corrected chi connectivity index (χ0v) is 22.6. The maximum atomic E-state index is 12.9. The summed E-state index contributed by atoms with van der Waals surface area (Å²) in [6.07, 6.45) is 0. The first kappa shape index (κ1) is 24.6. The summed E-state index contributed by atoms with van der Waals surface area (Å²) in [6, 6.07) is 29.2. The van der Waals surface area contributed by atoms with Gasteiger partial charge in [-0.25, -0.2) is 0 Å². The van der Waals surface area contributed by atoms with E-state index in [-0.39, 0.29) is 38.1 Å². The van der Waals surface area contributed by atoms with Gasteiger partial charge in [0, 0.05) is 0 Å². The molecule has 0 aliphatic rings. The van der Waals surface area contributed by atoms with Crippen LogP contribution in [0.2, 0.25) is 10.0 Å². The second-order valence-electron chi connectivity index (χ2n) is 7.08. The minimum absolute atomic E-state index is 0.00240. The van der Waals surface area contributed by atoms with Gasteiger partial charge in [0.1, 0.15) is 0 Å². The van der Waals surface area contributed by atoms with Crippen LogP contribution in [0.3, 0.4) is 0 Å². The number of hydrogen-bond donors (Lipinski definition) is 2. The Morgan fingerprint density at radius 2 is 0.882 bits per heavy atom. The van der Waals surface area contributed by atoms with Crippen molar-refractivity contribution in [3.8, 4) is 0 Å². The Balaban J connectivity index is 1.48. The van der Waals surface area contributed by atoms with Gasteiger partial charge in [0.15, 0.2) is 0 Å². The first-order valence-corrected chi connectivity index (χ1v) is 17.0. The van der Waals surface area contributed by atoms with E-state index in [2.05, 4.69) is 10.6 Å². The summed E-state index contributed by atoms with van der Waals surface area (Å²) in [7, 11) is 0. The second kappa shape index (κ2) is 11.7. The molecule has 0 bridgehead atoms. The van der Waals surface area contributed by atoms with Gasteiger partial charge in [-0.15, -0.1) is 0 Å². The van der Waals surface area contributed by atoms with Gasteiger partial charge < -0.3 is 0 Å². The van der Waals surface area contributed by atoms with Crippen molar-refractivity contribution in [3.63, 3.8) is 0 Å². The quantitative estimate of drug-likeness (QED) is 0.293. The number of rotatable bonds is 7. The monoisotopic (exact) mass is 620 g/mol. The number of nitrogens with one attached hydrogen (secondary N) is 2. The molecule has 0 atom stereocenters. The standard InChI is InChI=1S/C26H18Cl2N2O2Se2/c27-17-9-13-19(14-10-17)29-25(31)21-5-1-3-7-23(21)33-34-24-8-4-2-6-22(24)26(32)30-20-15-11-18(28)12-16-20/h1-16H,(H,29,31)(H,30,32). The van der Waals surface area contributed by atoms with Gasteiger partial charge in [0.2, 0.25) is 0 Å². The summed E-state index contributed by atoms with van der Waals surface area (Å²) in [5, 5.41) is 7.09. The summed E-state index contributed by atoms with van der Waals surface area (Å²) in [4.78, 5) is 25.9. The predicted molar refractivity (Wildman–Crippen MR) is 142 cm³/mol. The number of carbonyl (C=O) groups excluding carboxylic acids is 2. The van der Waals surface area contributed by atoms with Gasteiger partial charge in [0.05, 0.1) is 0 Å². The molecule has 0 heterocycles. The third-order valence-electron chi connectivity index (χ3n) is 4.69. The summed E-state index contributed by atoms with van der Waals surface area (Å²) in [5.74, 6) is -0.325. The van der Waals surface area contributed by atoms with Gasteiger partial charge in [0.25, 0.3) is 0 Å². The van der Waals surface area contributed by atoms with Gasteiger partial charge >= 0.3 is 220 Å². The van der Waals surface area contributed by atoms with Crippen molar-refractivity contribution in [1.82, 2.24) is 0 Å². The van der Waals surface area contributed by atoms with Crippen molar-refractivity contribution in [2.75, 3.05) is 10.6 Å². The van der Waals surface area contributed by atoms with Crippen molar-refractivity contribution in [2.45, 2.75) is 0 Å². The molecule has 0 saturated carbocycles. The average molecular weight is 619 g/mol. The molecule has 4 nitrogen and oxygen atoms in total. The molecule has 0 aromatic heterocycles. The molecule has 0 radical (unpaired) electrons. The first-order valence-electron chi connectivity index (χ1n) is 10.2. The van der Waals surface area contributed by atoms with E-state index >= 15 is 0 Å². The van der Waals surface area contributed by atoms with Crippen LogP contribution in [0.4, 0.5) is 11.4 Å². The van der Waals surface area contributed by atoms with E-state index in [1.54, 1.807) is 48.5 Å². The van der Waals surface area contributed by atoms with Crippen molar-refractivity contribution in [1.29, 1.82) is 0 Å². The molecule has 0 aliphatic heterocycles. The van der Waals surface area contributed by atoms with Crippen molar-refractivity contribution < 1.29 is 9.59 Å². The second-order valence-corrected chi connectivity index (χ2v) is 14.1. The molecule has 2 amide bonds. The summed E-state index contributed by atoms with van der Waals surface area (Å²) < 4.78 is 1.99. The van der Waals surface area contributed by atoms with Crippen LogP contribution in [0, 0.1) is 0 Å². The number of benzene rings is 4. The minimum atomic E-state index is -0.163. The number of amides is 2. The Morgan fingerprint density at radius 1 is 0.529 bits per heavy atom. The Morgan fingerprint density at radius 3 is 1.26 bits per heavy atom. The van der Waals surface area contributed by atoms with E-state index in [0.29, 0.717) is 32.5 Å². The SMILES string of the molecule is O=C(Nc1ccc(Cl)cc1)c1ccccc1[Se][Se]c1ccccc1C(=O)Nc1ccc(Cl)cc1. The topological polar surface area (TPSA) is 58.2 Å². The third-order valence-corrected chi connectivity index (χ3v) is 12.4. The van der Waals surface area contributed by atoms with Crippen LogP contribution in [0.15, 0.2) is 97.1 Å². The molecule has 8 heteroatoms. The number of anilines is 2. The van der Waals surface area contributed by atoms with Crippen molar-refractivity contribution >= 4 is 81.6 Å². The molecule has 170 valence electrons. The number of hydrogen-bond acceptors (Lipinski definition) is 2. The fourth-order valence-electron chi connectivity index (χ4n) is 3.01. The Labute approximate surface area is 218 Å². The molecule has 0 saturated heterocycles. The fourth-order valence-corrected chi connectivity index (χ4v) is 10.4. The van der Waals surface area contributed by atoms with Crippen LogP contribution in [0.1, 0.15) is 20.7 Å². The third kappa shape index (κ3) is 6.52. The zero-order chi connectivity index (χ0) is 23.9. The van der Waals surface area contributed by atoms with E-state index in [1.165, 1.54) is 0 Å². The molecular weight excluding hydrogens is 601 g/mol. The normalized spacial score (nSPS) is 10.5. The van der Waals surface area contributed by atoms with Gasteiger partial charge in [-0.1, -0.05) is 0 Å². The number of carbonyl (C=O) groups is 2. The van der Waals surface area contributed by atoms with Gasteiger partial charge in [-0.05, 0) is 0 Å². The van der Waals surface area contributed by atoms with Gasteiger partial charge in [-0.2, -0.15) is 0 Å².